The zero-order valence-electron chi connectivity index (χ0n) is 14.6. The van der Waals surface area contributed by atoms with Crippen molar-refractivity contribution < 1.29 is 13.2 Å². The molecule has 5 nitrogen and oxygen atoms in total. The van der Waals surface area contributed by atoms with Crippen molar-refractivity contribution in [1.82, 2.24) is 0 Å². The number of allylic oxidation sites excluding steroid dienone is 1. The normalized spacial score (nSPS) is 15.5. The van der Waals surface area contributed by atoms with Crippen LogP contribution >= 0.6 is 0 Å². The second-order valence-corrected chi connectivity index (χ2v) is 8.05. The van der Waals surface area contributed by atoms with E-state index in [1.165, 1.54) is 18.2 Å². The fraction of sp³-hybridized carbons (Fsp3) is 0.250. The molecule has 0 aromatic heterocycles. The average molecular weight is 368 g/mol. The average Bonchev–Trinajstić information content (AvgIpc) is 2.67. The second-order valence-electron chi connectivity index (χ2n) is 6.13. The van der Waals surface area contributed by atoms with Gasteiger partial charge in [0.1, 0.15) is 11.0 Å². The van der Waals surface area contributed by atoms with Gasteiger partial charge < -0.3 is 9.64 Å². The number of benzene rings is 2. The third kappa shape index (κ3) is 3.96. The van der Waals surface area contributed by atoms with Crippen molar-refractivity contribution in [1.29, 1.82) is 5.26 Å². The Balaban J connectivity index is 1.86. The number of nitriles is 1. The SMILES string of the molecule is Cc1ccc(S(=O)(=O)C(C#N)=Cc2ccc(N3CCOCC3)cc2)cc1. The third-order valence-electron chi connectivity index (χ3n) is 4.30. The summed E-state index contributed by atoms with van der Waals surface area (Å²) < 4.78 is 30.7. The molecule has 0 N–H and O–H groups in total. The molecule has 1 heterocycles. The summed E-state index contributed by atoms with van der Waals surface area (Å²) in [6.07, 6.45) is 1.41. The number of nitrogens with zero attached hydrogens (tertiary/aromatic N) is 2. The topological polar surface area (TPSA) is 70.4 Å². The van der Waals surface area contributed by atoms with Crippen molar-refractivity contribution in [3.05, 3.63) is 64.6 Å². The Hall–Kier alpha value is -2.62. The first kappa shape index (κ1) is 18.2. The van der Waals surface area contributed by atoms with Crippen molar-refractivity contribution in [3.8, 4) is 6.07 Å². The molecule has 0 radical (unpaired) electrons. The first-order chi connectivity index (χ1) is 12.5. The van der Waals surface area contributed by atoms with Gasteiger partial charge in [0.25, 0.3) is 0 Å². The van der Waals surface area contributed by atoms with Crippen LogP contribution in [0.2, 0.25) is 0 Å². The van der Waals surface area contributed by atoms with Gasteiger partial charge in [0.15, 0.2) is 0 Å². The predicted octanol–water partition coefficient (Wildman–Crippen LogP) is 3.17. The lowest BCUT2D eigenvalue weighted by atomic mass is 10.2. The van der Waals surface area contributed by atoms with Gasteiger partial charge >= 0.3 is 0 Å². The molecule has 3 rings (SSSR count). The van der Waals surface area contributed by atoms with Gasteiger partial charge in [-0.25, -0.2) is 8.42 Å². The largest absolute Gasteiger partial charge is 0.378 e. The summed E-state index contributed by atoms with van der Waals surface area (Å²) in [6.45, 7) is 4.96. The Kier molecular flexibility index (Phi) is 5.40. The van der Waals surface area contributed by atoms with Crippen LogP contribution in [-0.4, -0.2) is 34.7 Å². The molecule has 1 saturated heterocycles. The zero-order chi connectivity index (χ0) is 18.6. The lowest BCUT2D eigenvalue weighted by Crippen LogP contribution is -2.36. The molecule has 2 aromatic carbocycles. The Morgan fingerprint density at radius 3 is 2.27 bits per heavy atom. The van der Waals surface area contributed by atoms with Crippen LogP contribution in [0.1, 0.15) is 11.1 Å². The van der Waals surface area contributed by atoms with E-state index in [9.17, 15) is 13.7 Å². The summed E-state index contributed by atoms with van der Waals surface area (Å²) in [7, 11) is -3.82. The lowest BCUT2D eigenvalue weighted by molar-refractivity contribution is 0.122. The van der Waals surface area contributed by atoms with Crippen LogP contribution < -0.4 is 4.90 Å². The van der Waals surface area contributed by atoms with Gasteiger partial charge in [-0.2, -0.15) is 5.26 Å². The highest BCUT2D eigenvalue weighted by molar-refractivity contribution is 7.95. The highest BCUT2D eigenvalue weighted by atomic mass is 32.2. The molecule has 2 aromatic rings. The first-order valence-corrected chi connectivity index (χ1v) is 9.85. The zero-order valence-corrected chi connectivity index (χ0v) is 15.4. The minimum absolute atomic E-state index is 0.126. The highest BCUT2D eigenvalue weighted by Crippen LogP contribution is 2.23. The summed E-state index contributed by atoms with van der Waals surface area (Å²) >= 11 is 0. The molecule has 0 unspecified atom stereocenters. The Bertz CT molecular complexity index is 934. The summed E-state index contributed by atoms with van der Waals surface area (Å²) in [4.78, 5) is 2.08. The van der Waals surface area contributed by atoms with E-state index >= 15 is 0 Å². The standard InChI is InChI=1S/C20H20N2O3S/c1-16-2-8-19(9-3-16)26(23,24)20(15-21)14-17-4-6-18(7-5-17)22-10-12-25-13-11-22/h2-9,14H,10-13H2,1H3. The van der Waals surface area contributed by atoms with Crippen molar-refractivity contribution in [2.75, 3.05) is 31.2 Å². The maximum absolute atomic E-state index is 12.7. The molecule has 0 spiro atoms. The van der Waals surface area contributed by atoms with Crippen LogP contribution in [0, 0.1) is 18.3 Å². The molecule has 0 saturated carbocycles. The molecule has 0 aliphatic carbocycles. The molecular formula is C20H20N2O3S. The van der Waals surface area contributed by atoms with Crippen LogP contribution in [0.4, 0.5) is 5.69 Å². The summed E-state index contributed by atoms with van der Waals surface area (Å²) in [6, 6.07) is 15.8. The molecule has 0 bridgehead atoms. The number of sulfone groups is 1. The van der Waals surface area contributed by atoms with Crippen molar-refractivity contribution >= 4 is 21.6 Å². The van der Waals surface area contributed by atoms with Gasteiger partial charge in [-0.15, -0.1) is 0 Å². The number of aryl methyl sites for hydroxylation is 1. The van der Waals surface area contributed by atoms with Crippen molar-refractivity contribution in [2.45, 2.75) is 11.8 Å². The minimum Gasteiger partial charge on any atom is -0.378 e. The molecule has 1 aliphatic rings. The van der Waals surface area contributed by atoms with E-state index in [4.69, 9.17) is 4.74 Å². The van der Waals surface area contributed by atoms with Crippen LogP contribution in [0.5, 0.6) is 0 Å². The van der Waals surface area contributed by atoms with Gasteiger partial charge in [-0.1, -0.05) is 29.8 Å². The molecule has 1 aliphatic heterocycles. The monoisotopic (exact) mass is 368 g/mol. The van der Waals surface area contributed by atoms with E-state index in [1.807, 2.05) is 37.3 Å². The lowest BCUT2D eigenvalue weighted by Gasteiger charge is -2.28. The highest BCUT2D eigenvalue weighted by Gasteiger charge is 2.20. The number of anilines is 1. The third-order valence-corrected chi connectivity index (χ3v) is 5.98. The number of rotatable bonds is 4. The smallest absolute Gasteiger partial charge is 0.216 e. The second kappa shape index (κ2) is 7.73. The number of hydrogen-bond acceptors (Lipinski definition) is 5. The van der Waals surface area contributed by atoms with Crippen molar-refractivity contribution in [3.63, 3.8) is 0 Å². The van der Waals surface area contributed by atoms with Gasteiger partial charge in [0.05, 0.1) is 18.1 Å². The fourth-order valence-corrected chi connectivity index (χ4v) is 3.93. The molecule has 6 heteroatoms. The van der Waals surface area contributed by atoms with Gasteiger partial charge in [-0.05, 0) is 42.8 Å². The number of ether oxygens (including phenoxy) is 1. The molecular weight excluding hydrogens is 348 g/mol. The van der Waals surface area contributed by atoms with E-state index in [2.05, 4.69) is 4.90 Å². The minimum atomic E-state index is -3.82. The van der Waals surface area contributed by atoms with E-state index in [0.29, 0.717) is 18.8 Å². The predicted molar refractivity (Wildman–Crippen MR) is 101 cm³/mol. The Morgan fingerprint density at radius 1 is 1.08 bits per heavy atom. The fourth-order valence-electron chi connectivity index (χ4n) is 2.77. The van der Waals surface area contributed by atoms with E-state index < -0.39 is 9.84 Å². The summed E-state index contributed by atoms with van der Waals surface area (Å²) in [5.41, 5.74) is 2.70. The van der Waals surface area contributed by atoms with Crippen molar-refractivity contribution in [2.24, 2.45) is 0 Å². The van der Waals surface area contributed by atoms with E-state index in [0.717, 1.165) is 24.3 Å². The van der Waals surface area contributed by atoms with E-state index in [-0.39, 0.29) is 9.80 Å². The van der Waals surface area contributed by atoms with Crippen LogP contribution in [-0.2, 0) is 14.6 Å². The number of morpholine rings is 1. The van der Waals surface area contributed by atoms with Crippen LogP contribution in [0.15, 0.2) is 58.3 Å². The summed E-state index contributed by atoms with van der Waals surface area (Å²) in [5, 5.41) is 9.38. The Labute approximate surface area is 154 Å². The van der Waals surface area contributed by atoms with Gasteiger partial charge in [0.2, 0.25) is 9.84 Å². The first-order valence-electron chi connectivity index (χ1n) is 8.37. The summed E-state index contributed by atoms with van der Waals surface area (Å²) in [5.74, 6) is 0. The maximum Gasteiger partial charge on any atom is 0.216 e. The molecule has 134 valence electrons. The molecule has 26 heavy (non-hydrogen) atoms. The van der Waals surface area contributed by atoms with Gasteiger partial charge in [0, 0.05) is 18.8 Å². The maximum atomic E-state index is 12.7. The molecule has 0 amide bonds. The van der Waals surface area contributed by atoms with Crippen LogP contribution in [0.3, 0.4) is 0 Å². The molecule has 1 fully saturated rings. The van der Waals surface area contributed by atoms with Crippen LogP contribution in [0.25, 0.3) is 6.08 Å². The Morgan fingerprint density at radius 2 is 1.69 bits per heavy atom. The quantitative estimate of drug-likeness (QED) is 0.775. The molecule has 0 atom stereocenters. The van der Waals surface area contributed by atoms with E-state index in [1.54, 1.807) is 12.1 Å². The number of hydrogen-bond donors (Lipinski definition) is 0. The van der Waals surface area contributed by atoms with Gasteiger partial charge in [-0.3, -0.25) is 0 Å².